The SMILES string of the molecule is Cl.Cn1c(=O)n(C2CCC(=O)NC2=O)c2cc3c(cc21)CNC3. The van der Waals surface area contributed by atoms with E-state index in [1.54, 1.807) is 11.6 Å². The summed E-state index contributed by atoms with van der Waals surface area (Å²) in [4.78, 5) is 36.0. The highest BCUT2D eigenvalue weighted by atomic mass is 35.5. The first kappa shape index (κ1) is 15.8. The van der Waals surface area contributed by atoms with Gasteiger partial charge in [0, 0.05) is 26.6 Å². The van der Waals surface area contributed by atoms with Gasteiger partial charge in [-0.25, -0.2) is 4.79 Å². The molecule has 23 heavy (non-hydrogen) atoms. The third-order valence-corrected chi connectivity index (χ3v) is 4.56. The van der Waals surface area contributed by atoms with Gasteiger partial charge in [0.2, 0.25) is 11.8 Å². The van der Waals surface area contributed by atoms with Crippen LogP contribution in [0.15, 0.2) is 16.9 Å². The van der Waals surface area contributed by atoms with Crippen LogP contribution in [0.25, 0.3) is 11.0 Å². The van der Waals surface area contributed by atoms with E-state index < -0.39 is 11.9 Å². The van der Waals surface area contributed by atoms with Crippen molar-refractivity contribution in [2.24, 2.45) is 7.05 Å². The second-order valence-corrected chi connectivity index (χ2v) is 5.89. The molecule has 1 atom stereocenters. The third kappa shape index (κ3) is 2.27. The predicted molar refractivity (Wildman–Crippen MR) is 86.4 cm³/mol. The lowest BCUT2D eigenvalue weighted by Gasteiger charge is -2.22. The molecule has 1 saturated heterocycles. The van der Waals surface area contributed by atoms with Gasteiger partial charge in [0.25, 0.3) is 0 Å². The number of amides is 2. The van der Waals surface area contributed by atoms with Crippen LogP contribution in [0.3, 0.4) is 0 Å². The summed E-state index contributed by atoms with van der Waals surface area (Å²) in [7, 11) is 1.71. The molecule has 3 heterocycles. The molecule has 1 fully saturated rings. The number of nitrogens with one attached hydrogen (secondary N) is 2. The molecule has 2 aliphatic rings. The number of rotatable bonds is 1. The van der Waals surface area contributed by atoms with Crippen molar-refractivity contribution >= 4 is 35.3 Å². The molecule has 2 N–H and O–H groups in total. The van der Waals surface area contributed by atoms with Crippen molar-refractivity contribution in [1.29, 1.82) is 0 Å². The zero-order valence-corrected chi connectivity index (χ0v) is 13.4. The average Bonchev–Trinajstić information content (AvgIpc) is 3.03. The molecule has 2 aliphatic heterocycles. The fourth-order valence-corrected chi connectivity index (χ4v) is 3.38. The summed E-state index contributed by atoms with van der Waals surface area (Å²) in [6.45, 7) is 1.56. The van der Waals surface area contributed by atoms with Gasteiger partial charge in [0.15, 0.2) is 0 Å². The van der Waals surface area contributed by atoms with Gasteiger partial charge in [0.1, 0.15) is 6.04 Å². The van der Waals surface area contributed by atoms with Crippen LogP contribution in [0.5, 0.6) is 0 Å². The minimum Gasteiger partial charge on any atom is -0.309 e. The summed E-state index contributed by atoms with van der Waals surface area (Å²) in [5.41, 5.74) is 3.69. The summed E-state index contributed by atoms with van der Waals surface area (Å²) < 4.78 is 3.09. The van der Waals surface area contributed by atoms with Crippen LogP contribution in [0, 0.1) is 0 Å². The Hall–Kier alpha value is -2.12. The molecule has 1 aromatic carbocycles. The molecular formula is C15H17ClN4O3. The van der Waals surface area contributed by atoms with E-state index in [1.165, 1.54) is 10.1 Å². The lowest BCUT2D eigenvalue weighted by molar-refractivity contribution is -0.135. The van der Waals surface area contributed by atoms with Gasteiger partial charge in [-0.2, -0.15) is 0 Å². The van der Waals surface area contributed by atoms with Crippen molar-refractivity contribution in [1.82, 2.24) is 19.8 Å². The number of hydrogen-bond donors (Lipinski definition) is 2. The Morgan fingerprint density at radius 2 is 1.74 bits per heavy atom. The van der Waals surface area contributed by atoms with Gasteiger partial charge < -0.3 is 5.32 Å². The number of aromatic nitrogens is 2. The van der Waals surface area contributed by atoms with Gasteiger partial charge in [0.05, 0.1) is 11.0 Å². The van der Waals surface area contributed by atoms with Crippen molar-refractivity contribution < 1.29 is 9.59 Å². The smallest absolute Gasteiger partial charge is 0.309 e. The number of hydrogen-bond acceptors (Lipinski definition) is 4. The Morgan fingerprint density at radius 3 is 2.39 bits per heavy atom. The zero-order valence-electron chi connectivity index (χ0n) is 12.6. The highest BCUT2D eigenvalue weighted by Crippen LogP contribution is 2.27. The molecule has 7 nitrogen and oxygen atoms in total. The van der Waals surface area contributed by atoms with E-state index in [2.05, 4.69) is 10.6 Å². The first-order chi connectivity index (χ1) is 10.6. The van der Waals surface area contributed by atoms with Gasteiger partial charge in [-0.05, 0) is 29.7 Å². The molecular weight excluding hydrogens is 320 g/mol. The average molecular weight is 337 g/mol. The molecule has 122 valence electrons. The largest absolute Gasteiger partial charge is 0.329 e. The van der Waals surface area contributed by atoms with E-state index in [4.69, 9.17) is 0 Å². The minimum absolute atomic E-state index is 0. The van der Waals surface area contributed by atoms with Crippen LogP contribution in [-0.2, 0) is 29.7 Å². The number of benzene rings is 1. The molecule has 0 spiro atoms. The number of carbonyl (C=O) groups excluding carboxylic acids is 2. The Balaban J connectivity index is 0.00000156. The third-order valence-electron chi connectivity index (χ3n) is 4.56. The lowest BCUT2D eigenvalue weighted by atomic mass is 10.0. The van der Waals surface area contributed by atoms with E-state index in [0.29, 0.717) is 6.42 Å². The molecule has 8 heteroatoms. The lowest BCUT2D eigenvalue weighted by Crippen LogP contribution is -2.44. The Kier molecular flexibility index (Phi) is 3.77. The van der Waals surface area contributed by atoms with E-state index in [-0.39, 0.29) is 30.4 Å². The number of nitrogens with zero attached hydrogens (tertiary/aromatic N) is 2. The maximum absolute atomic E-state index is 12.6. The molecule has 1 unspecified atom stereocenters. The Morgan fingerprint density at radius 1 is 1.09 bits per heavy atom. The number of imidazole rings is 1. The molecule has 4 rings (SSSR count). The number of halogens is 1. The van der Waals surface area contributed by atoms with Crippen molar-refractivity contribution in [3.8, 4) is 0 Å². The fourth-order valence-electron chi connectivity index (χ4n) is 3.38. The second kappa shape index (κ2) is 5.50. The summed E-state index contributed by atoms with van der Waals surface area (Å²) in [6.07, 6.45) is 0.616. The number of aryl methyl sites for hydroxylation is 1. The molecule has 2 amide bonds. The molecule has 0 aliphatic carbocycles. The standard InChI is InChI=1S/C15H16N4O3.ClH/c1-18-11-4-8-6-16-7-9(8)5-12(11)19(15(18)22)10-2-3-13(20)17-14(10)21;/h4-5,10,16H,2-3,6-7H2,1H3,(H,17,20,21);1H. The molecule has 1 aromatic heterocycles. The maximum Gasteiger partial charge on any atom is 0.329 e. The highest BCUT2D eigenvalue weighted by molar-refractivity contribution is 6.00. The zero-order chi connectivity index (χ0) is 15.4. The molecule has 2 aromatic rings. The molecule has 0 bridgehead atoms. The number of fused-ring (bicyclic) bond motifs is 2. The topological polar surface area (TPSA) is 85.1 Å². The van der Waals surface area contributed by atoms with Crippen molar-refractivity contribution in [2.75, 3.05) is 0 Å². The quantitative estimate of drug-likeness (QED) is 0.736. The second-order valence-electron chi connectivity index (χ2n) is 5.89. The van der Waals surface area contributed by atoms with Gasteiger partial charge in [-0.3, -0.25) is 24.0 Å². The summed E-state index contributed by atoms with van der Waals surface area (Å²) >= 11 is 0. The van der Waals surface area contributed by atoms with E-state index >= 15 is 0 Å². The normalized spacial score (nSPS) is 20.3. The van der Waals surface area contributed by atoms with Crippen LogP contribution in [0.1, 0.15) is 30.0 Å². The number of piperidine rings is 1. The van der Waals surface area contributed by atoms with Crippen molar-refractivity contribution in [2.45, 2.75) is 32.0 Å². The first-order valence-electron chi connectivity index (χ1n) is 7.33. The van der Waals surface area contributed by atoms with Crippen LogP contribution in [-0.4, -0.2) is 20.9 Å². The maximum atomic E-state index is 12.6. The van der Waals surface area contributed by atoms with Crippen LogP contribution in [0.4, 0.5) is 0 Å². The number of imide groups is 1. The monoisotopic (exact) mass is 336 g/mol. The summed E-state index contributed by atoms with van der Waals surface area (Å²) in [5.74, 6) is -0.677. The Labute approximate surface area is 138 Å². The van der Waals surface area contributed by atoms with E-state index in [9.17, 15) is 14.4 Å². The van der Waals surface area contributed by atoms with E-state index in [1.807, 2.05) is 12.1 Å². The highest BCUT2D eigenvalue weighted by Gasteiger charge is 2.31. The van der Waals surface area contributed by atoms with Crippen LogP contribution >= 0.6 is 12.4 Å². The summed E-state index contributed by atoms with van der Waals surface area (Å²) in [6, 6.07) is 3.37. The Bertz CT molecular complexity index is 883. The van der Waals surface area contributed by atoms with Gasteiger partial charge in [-0.15, -0.1) is 12.4 Å². The van der Waals surface area contributed by atoms with Crippen LogP contribution in [0.2, 0.25) is 0 Å². The van der Waals surface area contributed by atoms with Crippen LogP contribution < -0.4 is 16.3 Å². The van der Waals surface area contributed by atoms with Gasteiger partial charge >= 0.3 is 5.69 Å². The van der Waals surface area contributed by atoms with E-state index in [0.717, 1.165) is 29.7 Å². The first-order valence-corrected chi connectivity index (χ1v) is 7.33. The molecule has 0 saturated carbocycles. The summed E-state index contributed by atoms with van der Waals surface area (Å²) in [5, 5.41) is 5.60. The predicted octanol–water partition coefficient (Wildman–Crippen LogP) is 0.343. The van der Waals surface area contributed by atoms with Crippen molar-refractivity contribution in [3.63, 3.8) is 0 Å². The fraction of sp³-hybridized carbons (Fsp3) is 0.400. The minimum atomic E-state index is -0.624. The number of carbonyl (C=O) groups is 2. The van der Waals surface area contributed by atoms with Crippen molar-refractivity contribution in [3.05, 3.63) is 33.7 Å². The molecule has 0 radical (unpaired) electrons. The van der Waals surface area contributed by atoms with Gasteiger partial charge in [-0.1, -0.05) is 0 Å².